The van der Waals surface area contributed by atoms with Gasteiger partial charge in [0, 0.05) is 19.6 Å². The highest BCUT2D eigenvalue weighted by molar-refractivity contribution is 5.88. The fraction of sp³-hybridized carbons (Fsp3) is 0.161. The third kappa shape index (κ3) is 9.75. The first-order valence-corrected chi connectivity index (χ1v) is 12.1. The highest BCUT2D eigenvalue weighted by atomic mass is 19.4. The van der Waals surface area contributed by atoms with E-state index in [-0.39, 0.29) is 0 Å². The predicted molar refractivity (Wildman–Crippen MR) is 143 cm³/mol. The second kappa shape index (κ2) is 13.9. The van der Waals surface area contributed by atoms with Gasteiger partial charge in [-0.25, -0.2) is 9.59 Å². The number of benzene rings is 4. The number of aromatic carboxylic acids is 1. The molecule has 0 aromatic heterocycles. The lowest BCUT2D eigenvalue weighted by molar-refractivity contribution is -0.192. The van der Waals surface area contributed by atoms with Gasteiger partial charge in [-0.3, -0.25) is 4.90 Å². The van der Waals surface area contributed by atoms with Crippen molar-refractivity contribution in [2.24, 2.45) is 0 Å². The molecule has 0 aliphatic heterocycles. The first-order chi connectivity index (χ1) is 18.6. The fourth-order valence-electron chi connectivity index (χ4n) is 3.85. The minimum absolute atomic E-state index is 0.306. The number of carboxylic acids is 2. The van der Waals surface area contributed by atoms with E-state index in [1.807, 2.05) is 12.1 Å². The van der Waals surface area contributed by atoms with Crippen molar-refractivity contribution in [3.05, 3.63) is 131 Å². The number of nitrogens with zero attached hydrogens (tertiary/aromatic N) is 1. The molecule has 202 valence electrons. The van der Waals surface area contributed by atoms with Gasteiger partial charge in [-0.15, -0.1) is 0 Å². The van der Waals surface area contributed by atoms with Crippen LogP contribution in [0.4, 0.5) is 13.2 Å². The highest BCUT2D eigenvalue weighted by Crippen LogP contribution is 2.21. The Hall–Kier alpha value is -4.43. The van der Waals surface area contributed by atoms with Crippen molar-refractivity contribution in [3.8, 4) is 11.1 Å². The average molecular weight is 536 g/mol. The average Bonchev–Trinajstić information content (AvgIpc) is 2.93. The van der Waals surface area contributed by atoms with Crippen LogP contribution in [0.3, 0.4) is 0 Å². The zero-order chi connectivity index (χ0) is 28.3. The van der Waals surface area contributed by atoms with Crippen molar-refractivity contribution < 1.29 is 33.0 Å². The first-order valence-electron chi connectivity index (χ1n) is 12.1. The van der Waals surface area contributed by atoms with E-state index < -0.39 is 18.1 Å². The molecule has 4 rings (SSSR count). The maximum absolute atomic E-state index is 11.1. The van der Waals surface area contributed by atoms with Crippen LogP contribution in [0.2, 0.25) is 0 Å². The number of aliphatic carboxylic acids is 1. The van der Waals surface area contributed by atoms with E-state index in [2.05, 4.69) is 89.8 Å². The van der Waals surface area contributed by atoms with E-state index in [0.29, 0.717) is 5.56 Å². The van der Waals surface area contributed by atoms with Crippen LogP contribution < -0.4 is 0 Å². The Bertz CT molecular complexity index is 1320. The van der Waals surface area contributed by atoms with E-state index in [0.717, 1.165) is 37.2 Å². The van der Waals surface area contributed by atoms with Gasteiger partial charge in [0.05, 0.1) is 5.56 Å². The van der Waals surface area contributed by atoms with Crippen molar-refractivity contribution in [1.29, 1.82) is 0 Å². The van der Waals surface area contributed by atoms with Gasteiger partial charge in [-0.05, 0) is 46.4 Å². The summed E-state index contributed by atoms with van der Waals surface area (Å²) in [5.74, 6) is -3.66. The zero-order valence-electron chi connectivity index (χ0n) is 21.0. The highest BCUT2D eigenvalue weighted by Gasteiger charge is 2.38. The zero-order valence-corrected chi connectivity index (χ0v) is 21.0. The molecule has 0 amide bonds. The summed E-state index contributed by atoms with van der Waals surface area (Å²) >= 11 is 0. The van der Waals surface area contributed by atoms with Crippen molar-refractivity contribution in [1.82, 2.24) is 4.90 Å². The lowest BCUT2D eigenvalue weighted by Crippen LogP contribution is -2.25. The van der Waals surface area contributed by atoms with Crippen LogP contribution in [0.5, 0.6) is 0 Å². The fourth-order valence-corrected chi connectivity index (χ4v) is 3.85. The number of carboxylic acid groups (broad SMARTS) is 2. The first kappa shape index (κ1) is 29.1. The lowest BCUT2D eigenvalue weighted by Gasteiger charge is -2.23. The van der Waals surface area contributed by atoms with Gasteiger partial charge in [0.1, 0.15) is 0 Å². The third-order valence-electron chi connectivity index (χ3n) is 5.88. The van der Waals surface area contributed by atoms with E-state index in [1.165, 1.54) is 16.7 Å². The molecule has 5 nitrogen and oxygen atoms in total. The summed E-state index contributed by atoms with van der Waals surface area (Å²) in [6, 6.07) is 36.8. The Morgan fingerprint density at radius 1 is 0.615 bits per heavy atom. The maximum atomic E-state index is 11.1. The molecular formula is C31H28F3NO4. The summed E-state index contributed by atoms with van der Waals surface area (Å²) in [5.41, 5.74) is 6.35. The third-order valence-corrected chi connectivity index (χ3v) is 5.88. The molecular weight excluding hydrogens is 507 g/mol. The van der Waals surface area contributed by atoms with E-state index in [4.69, 9.17) is 15.0 Å². The number of hydrogen-bond acceptors (Lipinski definition) is 3. The smallest absolute Gasteiger partial charge is 0.478 e. The van der Waals surface area contributed by atoms with Crippen molar-refractivity contribution in [2.75, 3.05) is 6.54 Å². The molecule has 0 radical (unpaired) electrons. The Morgan fingerprint density at radius 3 is 1.46 bits per heavy atom. The van der Waals surface area contributed by atoms with E-state index in [1.54, 1.807) is 12.1 Å². The Labute approximate surface area is 224 Å². The Kier molecular flexibility index (Phi) is 10.4. The standard InChI is InChI=1S/C29H27NO2.C2HF3O2/c31-29(32)28-17-15-27(16-18-28)26-13-11-25(12-14-26)22-30(21-24-9-5-2-6-10-24)20-19-23-7-3-1-4-8-23;3-2(4,5)1(6)7/h1-18H,19-22H2,(H,31,32);(H,6,7). The Balaban J connectivity index is 0.000000532. The molecule has 0 saturated carbocycles. The van der Waals surface area contributed by atoms with Crippen LogP contribution in [0.25, 0.3) is 11.1 Å². The SMILES string of the molecule is O=C(O)C(F)(F)F.O=C(O)c1ccc(-c2ccc(CN(CCc3ccccc3)Cc3ccccc3)cc2)cc1. The van der Waals surface area contributed by atoms with Crippen molar-refractivity contribution >= 4 is 11.9 Å². The van der Waals surface area contributed by atoms with Gasteiger partial charge in [-0.2, -0.15) is 13.2 Å². The predicted octanol–water partition coefficient (Wildman–Crippen LogP) is 6.93. The van der Waals surface area contributed by atoms with Crippen LogP contribution in [-0.2, 0) is 24.3 Å². The second-order valence-corrected chi connectivity index (χ2v) is 8.81. The van der Waals surface area contributed by atoms with E-state index in [9.17, 15) is 18.0 Å². The summed E-state index contributed by atoms with van der Waals surface area (Å²) in [4.78, 5) is 22.4. The van der Waals surface area contributed by atoms with E-state index >= 15 is 0 Å². The van der Waals surface area contributed by atoms with Crippen LogP contribution in [-0.4, -0.2) is 39.8 Å². The van der Waals surface area contributed by atoms with Crippen molar-refractivity contribution in [2.45, 2.75) is 25.7 Å². The summed E-state index contributed by atoms with van der Waals surface area (Å²) in [7, 11) is 0. The van der Waals surface area contributed by atoms with Crippen LogP contribution >= 0.6 is 0 Å². The molecule has 0 aliphatic carbocycles. The minimum atomic E-state index is -5.08. The van der Waals surface area contributed by atoms with Gasteiger partial charge < -0.3 is 10.2 Å². The summed E-state index contributed by atoms with van der Waals surface area (Å²) in [6.45, 7) is 2.77. The monoisotopic (exact) mass is 535 g/mol. The number of alkyl halides is 3. The molecule has 4 aromatic rings. The molecule has 0 bridgehead atoms. The largest absolute Gasteiger partial charge is 0.490 e. The van der Waals surface area contributed by atoms with Crippen LogP contribution in [0, 0.1) is 0 Å². The molecule has 8 heteroatoms. The van der Waals surface area contributed by atoms with Gasteiger partial charge in [0.15, 0.2) is 0 Å². The number of rotatable bonds is 9. The summed E-state index contributed by atoms with van der Waals surface area (Å²) < 4.78 is 31.7. The summed E-state index contributed by atoms with van der Waals surface area (Å²) in [6.07, 6.45) is -4.07. The topological polar surface area (TPSA) is 77.8 Å². The molecule has 0 aliphatic rings. The molecule has 0 fully saturated rings. The Morgan fingerprint density at radius 2 is 1.03 bits per heavy atom. The molecule has 0 unspecified atom stereocenters. The maximum Gasteiger partial charge on any atom is 0.490 e. The van der Waals surface area contributed by atoms with Crippen molar-refractivity contribution in [3.63, 3.8) is 0 Å². The number of hydrogen-bond donors (Lipinski definition) is 2. The molecule has 0 heterocycles. The molecule has 39 heavy (non-hydrogen) atoms. The normalized spacial score (nSPS) is 11.0. The lowest BCUT2D eigenvalue weighted by atomic mass is 10.0. The molecule has 0 atom stereocenters. The van der Waals surface area contributed by atoms with Gasteiger partial charge in [0.2, 0.25) is 0 Å². The summed E-state index contributed by atoms with van der Waals surface area (Å²) in [5, 5.41) is 16.2. The van der Waals surface area contributed by atoms with Gasteiger partial charge in [-0.1, -0.05) is 97.1 Å². The quantitative estimate of drug-likeness (QED) is 0.243. The number of carbonyl (C=O) groups is 2. The molecule has 4 aromatic carbocycles. The molecule has 0 spiro atoms. The van der Waals surface area contributed by atoms with Crippen LogP contribution in [0.1, 0.15) is 27.0 Å². The minimum Gasteiger partial charge on any atom is -0.478 e. The molecule has 0 saturated heterocycles. The van der Waals surface area contributed by atoms with Crippen LogP contribution in [0.15, 0.2) is 109 Å². The second-order valence-electron chi connectivity index (χ2n) is 8.81. The molecule has 2 N–H and O–H groups in total. The number of halogens is 3. The van der Waals surface area contributed by atoms with Gasteiger partial charge in [0.25, 0.3) is 0 Å². The van der Waals surface area contributed by atoms with Gasteiger partial charge >= 0.3 is 18.1 Å².